The maximum Gasteiger partial charge on any atom is 0.312 e. The third-order valence-corrected chi connectivity index (χ3v) is 4.57. The summed E-state index contributed by atoms with van der Waals surface area (Å²) < 4.78 is 0. The minimum absolute atomic E-state index is 0.171. The zero-order valence-electron chi connectivity index (χ0n) is 14.9. The first-order valence-electron chi connectivity index (χ1n) is 8.61. The van der Waals surface area contributed by atoms with E-state index in [1.165, 1.54) is 9.80 Å². The normalized spacial score (nSPS) is 14.4. The molecule has 2 aromatic rings. The molecule has 140 valence electrons. The van der Waals surface area contributed by atoms with Gasteiger partial charge < -0.3 is 15.1 Å². The van der Waals surface area contributed by atoms with Crippen molar-refractivity contribution in [3.63, 3.8) is 0 Å². The number of piperazine rings is 1. The summed E-state index contributed by atoms with van der Waals surface area (Å²) in [6, 6.07) is 14.6. The molecule has 1 fully saturated rings. The number of anilines is 1. The average molecular weight is 386 g/mol. The van der Waals surface area contributed by atoms with Gasteiger partial charge in [0, 0.05) is 30.3 Å². The minimum atomic E-state index is -0.658. The molecule has 27 heavy (non-hydrogen) atoms. The van der Waals surface area contributed by atoms with Crippen molar-refractivity contribution < 1.29 is 14.4 Å². The number of amides is 3. The van der Waals surface area contributed by atoms with E-state index < -0.39 is 11.8 Å². The van der Waals surface area contributed by atoms with Gasteiger partial charge in [0.25, 0.3) is 0 Å². The molecule has 6 nitrogen and oxygen atoms in total. The van der Waals surface area contributed by atoms with Crippen LogP contribution in [-0.2, 0) is 20.9 Å². The molecule has 0 unspecified atom stereocenters. The van der Waals surface area contributed by atoms with Gasteiger partial charge in [-0.05, 0) is 30.7 Å². The van der Waals surface area contributed by atoms with Crippen molar-refractivity contribution in [3.05, 3.63) is 64.7 Å². The Kier molecular flexibility index (Phi) is 5.76. The monoisotopic (exact) mass is 385 g/mol. The summed E-state index contributed by atoms with van der Waals surface area (Å²) >= 11 is 5.89. The molecule has 0 saturated carbocycles. The molecule has 0 aromatic heterocycles. The Bertz CT molecular complexity index is 867. The van der Waals surface area contributed by atoms with E-state index in [9.17, 15) is 14.4 Å². The molecule has 0 spiro atoms. The lowest BCUT2D eigenvalue weighted by atomic mass is 10.1. The van der Waals surface area contributed by atoms with E-state index in [0.717, 1.165) is 11.1 Å². The van der Waals surface area contributed by atoms with E-state index in [0.29, 0.717) is 30.3 Å². The van der Waals surface area contributed by atoms with Gasteiger partial charge in [0.05, 0.1) is 0 Å². The number of hydrogen-bond acceptors (Lipinski definition) is 3. The van der Waals surface area contributed by atoms with E-state index in [2.05, 4.69) is 5.32 Å². The third kappa shape index (κ3) is 4.86. The van der Waals surface area contributed by atoms with Crippen LogP contribution in [0, 0.1) is 6.92 Å². The number of aryl methyl sites for hydroxylation is 1. The van der Waals surface area contributed by atoms with Crippen LogP contribution in [0.2, 0.25) is 5.02 Å². The maximum atomic E-state index is 12.4. The van der Waals surface area contributed by atoms with E-state index >= 15 is 0 Å². The Morgan fingerprint density at radius 1 is 1.04 bits per heavy atom. The lowest BCUT2D eigenvalue weighted by Crippen LogP contribution is -2.55. The first kappa shape index (κ1) is 18.9. The second-order valence-electron chi connectivity index (χ2n) is 6.50. The van der Waals surface area contributed by atoms with Crippen LogP contribution in [0.5, 0.6) is 0 Å². The maximum absolute atomic E-state index is 12.4. The highest BCUT2D eigenvalue weighted by atomic mass is 35.5. The average Bonchev–Trinajstić information content (AvgIpc) is 2.63. The number of nitrogens with zero attached hydrogens (tertiary/aromatic N) is 2. The molecule has 0 atom stereocenters. The molecular formula is C20H20ClN3O3. The molecule has 1 N–H and O–H groups in total. The van der Waals surface area contributed by atoms with Crippen molar-refractivity contribution >= 4 is 35.0 Å². The van der Waals surface area contributed by atoms with Crippen molar-refractivity contribution in [1.82, 2.24) is 9.80 Å². The number of benzene rings is 2. The molecule has 1 aliphatic rings. The highest BCUT2D eigenvalue weighted by Gasteiger charge is 2.33. The van der Waals surface area contributed by atoms with Crippen LogP contribution >= 0.6 is 11.6 Å². The second-order valence-corrected chi connectivity index (χ2v) is 6.93. The number of carbonyl (C=O) groups is 3. The summed E-state index contributed by atoms with van der Waals surface area (Å²) in [7, 11) is 0. The zero-order chi connectivity index (χ0) is 19.4. The number of halogens is 1. The Labute approximate surface area is 162 Å². The molecule has 1 saturated heterocycles. The second kappa shape index (κ2) is 8.22. The minimum Gasteiger partial charge on any atom is -0.328 e. The fraction of sp³-hybridized carbons (Fsp3) is 0.250. The Hall–Kier alpha value is -2.86. The lowest BCUT2D eigenvalue weighted by molar-refractivity contribution is -0.157. The Morgan fingerprint density at radius 2 is 1.70 bits per heavy atom. The van der Waals surface area contributed by atoms with Gasteiger partial charge in [0.1, 0.15) is 6.54 Å². The number of carbonyl (C=O) groups excluding carboxylic acids is 3. The molecule has 3 rings (SSSR count). The van der Waals surface area contributed by atoms with E-state index in [-0.39, 0.29) is 12.5 Å². The molecule has 1 heterocycles. The van der Waals surface area contributed by atoms with Gasteiger partial charge in [-0.2, -0.15) is 0 Å². The summed E-state index contributed by atoms with van der Waals surface area (Å²) in [6.07, 6.45) is 0. The van der Waals surface area contributed by atoms with Crippen LogP contribution < -0.4 is 5.32 Å². The van der Waals surface area contributed by atoms with Gasteiger partial charge in [0.2, 0.25) is 5.91 Å². The van der Waals surface area contributed by atoms with Crippen LogP contribution in [0.1, 0.15) is 11.1 Å². The highest BCUT2D eigenvalue weighted by Crippen LogP contribution is 2.15. The van der Waals surface area contributed by atoms with Crippen molar-refractivity contribution in [1.29, 1.82) is 0 Å². The molecular weight excluding hydrogens is 366 g/mol. The van der Waals surface area contributed by atoms with Gasteiger partial charge in [-0.25, -0.2) is 0 Å². The van der Waals surface area contributed by atoms with Crippen LogP contribution in [0.15, 0.2) is 48.5 Å². The van der Waals surface area contributed by atoms with Crippen molar-refractivity contribution in [2.75, 3.05) is 25.0 Å². The zero-order valence-corrected chi connectivity index (χ0v) is 15.7. The molecule has 2 aromatic carbocycles. The predicted octanol–water partition coefficient (Wildman–Crippen LogP) is 2.46. The quantitative estimate of drug-likeness (QED) is 0.804. The number of rotatable bonds is 5. The van der Waals surface area contributed by atoms with E-state index in [1.54, 1.807) is 24.3 Å². The summed E-state index contributed by atoms with van der Waals surface area (Å²) in [5, 5.41) is 3.18. The summed E-state index contributed by atoms with van der Waals surface area (Å²) in [5.41, 5.74) is 2.65. The Balaban J connectivity index is 1.56. The van der Waals surface area contributed by atoms with Gasteiger partial charge in [-0.3, -0.25) is 14.4 Å². The highest BCUT2D eigenvalue weighted by molar-refractivity contribution is 6.35. The SMILES string of the molecule is Cc1ccc(CN2CCN(CC(=O)Nc3cccc(Cl)c3)C(=O)C2=O)cc1. The molecule has 3 amide bonds. The van der Waals surface area contributed by atoms with E-state index in [4.69, 9.17) is 11.6 Å². The van der Waals surface area contributed by atoms with E-state index in [1.807, 2.05) is 31.2 Å². The standard InChI is InChI=1S/C20H20ClN3O3/c1-14-5-7-15(8-6-14)12-23-9-10-24(20(27)19(23)26)13-18(25)22-17-4-2-3-16(21)11-17/h2-8,11H,9-10,12-13H2,1H3,(H,22,25). The molecule has 0 bridgehead atoms. The van der Waals surface area contributed by atoms with Gasteiger partial charge in [0.15, 0.2) is 0 Å². The summed E-state index contributed by atoms with van der Waals surface area (Å²) in [5.74, 6) is -1.61. The van der Waals surface area contributed by atoms with Crippen LogP contribution in [0.25, 0.3) is 0 Å². The largest absolute Gasteiger partial charge is 0.328 e. The van der Waals surface area contributed by atoms with Crippen LogP contribution in [-0.4, -0.2) is 47.2 Å². The molecule has 0 aliphatic carbocycles. The topological polar surface area (TPSA) is 69.7 Å². The summed E-state index contributed by atoms with van der Waals surface area (Å²) in [6.45, 7) is 2.91. The van der Waals surface area contributed by atoms with Crippen molar-refractivity contribution in [3.8, 4) is 0 Å². The number of hydrogen-bond donors (Lipinski definition) is 1. The van der Waals surface area contributed by atoms with Crippen LogP contribution in [0.3, 0.4) is 0 Å². The fourth-order valence-corrected chi connectivity index (χ4v) is 3.06. The molecule has 7 heteroatoms. The van der Waals surface area contributed by atoms with Crippen molar-refractivity contribution in [2.24, 2.45) is 0 Å². The van der Waals surface area contributed by atoms with Gasteiger partial charge >= 0.3 is 11.8 Å². The molecule has 1 aliphatic heterocycles. The first-order chi connectivity index (χ1) is 12.9. The molecule has 0 radical (unpaired) electrons. The fourth-order valence-electron chi connectivity index (χ4n) is 2.87. The Morgan fingerprint density at radius 3 is 2.41 bits per heavy atom. The number of nitrogens with one attached hydrogen (secondary N) is 1. The first-order valence-corrected chi connectivity index (χ1v) is 8.99. The van der Waals surface area contributed by atoms with Crippen LogP contribution in [0.4, 0.5) is 5.69 Å². The summed E-state index contributed by atoms with van der Waals surface area (Å²) in [4.78, 5) is 39.7. The smallest absolute Gasteiger partial charge is 0.312 e. The van der Waals surface area contributed by atoms with Crippen molar-refractivity contribution in [2.45, 2.75) is 13.5 Å². The van der Waals surface area contributed by atoms with Gasteiger partial charge in [-0.1, -0.05) is 47.5 Å². The predicted molar refractivity (Wildman–Crippen MR) is 103 cm³/mol. The lowest BCUT2D eigenvalue weighted by Gasteiger charge is -2.33. The third-order valence-electron chi connectivity index (χ3n) is 4.33. The van der Waals surface area contributed by atoms with Gasteiger partial charge in [-0.15, -0.1) is 0 Å².